The van der Waals surface area contributed by atoms with Gasteiger partial charge in [-0.3, -0.25) is 0 Å². The predicted molar refractivity (Wildman–Crippen MR) is 75.5 cm³/mol. The van der Waals surface area contributed by atoms with Crippen LogP contribution in [0, 0.1) is 5.41 Å². The van der Waals surface area contributed by atoms with Gasteiger partial charge in [0, 0.05) is 5.38 Å². The second-order valence-corrected chi connectivity index (χ2v) is 7.80. The van der Waals surface area contributed by atoms with Crippen molar-refractivity contribution < 1.29 is 8.42 Å². The van der Waals surface area contributed by atoms with Crippen LogP contribution in [0.3, 0.4) is 0 Å². The lowest BCUT2D eigenvalue weighted by atomic mass is 9.88. The van der Waals surface area contributed by atoms with Crippen LogP contribution in [0.4, 0.5) is 0 Å². The predicted octanol–water partition coefficient (Wildman–Crippen LogP) is 2.79. The Labute approximate surface area is 115 Å². The molecule has 0 aromatic heterocycles. The van der Waals surface area contributed by atoms with Crippen LogP contribution >= 0.6 is 11.6 Å². The van der Waals surface area contributed by atoms with E-state index in [1.54, 1.807) is 12.1 Å². The van der Waals surface area contributed by atoms with Gasteiger partial charge in [0.1, 0.15) is 0 Å². The molecule has 0 aliphatic heterocycles. The summed E-state index contributed by atoms with van der Waals surface area (Å²) >= 11 is 6.32. The maximum atomic E-state index is 11.6. The zero-order valence-electron chi connectivity index (χ0n) is 11.2. The Bertz CT molecular complexity index is 489. The highest BCUT2D eigenvalue weighted by molar-refractivity contribution is 7.89. The molecule has 1 N–H and O–H groups in total. The summed E-state index contributed by atoms with van der Waals surface area (Å²) in [5.74, 6) is 0. The third kappa shape index (κ3) is 3.97. The molecule has 0 fully saturated rings. The average Bonchev–Trinajstić information content (AvgIpc) is 2.28. The van der Waals surface area contributed by atoms with Crippen LogP contribution in [0.15, 0.2) is 29.2 Å². The van der Waals surface area contributed by atoms with E-state index < -0.39 is 10.0 Å². The fraction of sp³-hybridized carbons (Fsp3) is 0.538. The van der Waals surface area contributed by atoms with Gasteiger partial charge in [0.05, 0.1) is 4.90 Å². The summed E-state index contributed by atoms with van der Waals surface area (Å²) in [6.07, 6.45) is 0.727. The first-order valence-electron chi connectivity index (χ1n) is 5.83. The van der Waals surface area contributed by atoms with Crippen LogP contribution in [0.2, 0.25) is 0 Å². The number of nitrogens with one attached hydrogen (secondary N) is 1. The van der Waals surface area contributed by atoms with Gasteiger partial charge in [-0.1, -0.05) is 32.9 Å². The van der Waals surface area contributed by atoms with Crippen molar-refractivity contribution in [1.82, 2.24) is 4.72 Å². The van der Waals surface area contributed by atoms with Gasteiger partial charge in [-0.05, 0) is 36.6 Å². The molecule has 0 saturated heterocycles. The van der Waals surface area contributed by atoms with Crippen LogP contribution in [0.1, 0.15) is 26.3 Å². The number of alkyl halides is 1. The number of rotatable bonds is 4. The van der Waals surface area contributed by atoms with Gasteiger partial charge in [-0.15, -0.1) is 11.6 Å². The highest BCUT2D eigenvalue weighted by Gasteiger charge is 2.22. The molecule has 1 atom stereocenters. The first-order valence-corrected chi connectivity index (χ1v) is 7.75. The fourth-order valence-corrected chi connectivity index (χ4v) is 2.34. The molecule has 0 heterocycles. The van der Waals surface area contributed by atoms with E-state index in [4.69, 9.17) is 11.6 Å². The molecule has 0 spiro atoms. The summed E-state index contributed by atoms with van der Waals surface area (Å²) in [5, 5.41) is 0.0178. The summed E-state index contributed by atoms with van der Waals surface area (Å²) in [7, 11) is -1.95. The summed E-state index contributed by atoms with van der Waals surface area (Å²) in [4.78, 5) is 0.274. The molecule has 1 aromatic carbocycles. The van der Waals surface area contributed by atoms with Crippen molar-refractivity contribution in [3.05, 3.63) is 29.8 Å². The third-order valence-electron chi connectivity index (χ3n) is 2.86. The number of hydrogen-bond donors (Lipinski definition) is 1. The molecule has 3 nitrogen and oxygen atoms in total. The third-order valence-corrected chi connectivity index (χ3v) is 5.10. The SMILES string of the molecule is CNS(=O)(=O)c1ccc(CC(Cl)C(C)(C)C)cc1. The second kappa shape index (κ2) is 5.59. The number of sulfonamides is 1. The zero-order chi connectivity index (χ0) is 14.0. The van der Waals surface area contributed by atoms with Crippen molar-refractivity contribution in [1.29, 1.82) is 0 Å². The van der Waals surface area contributed by atoms with Gasteiger partial charge < -0.3 is 0 Å². The van der Waals surface area contributed by atoms with Crippen molar-refractivity contribution in [2.75, 3.05) is 7.05 Å². The summed E-state index contributed by atoms with van der Waals surface area (Å²) in [6, 6.07) is 6.83. The largest absolute Gasteiger partial charge is 0.240 e. The van der Waals surface area contributed by atoms with Crippen molar-refractivity contribution in [3.63, 3.8) is 0 Å². The van der Waals surface area contributed by atoms with E-state index in [1.807, 2.05) is 12.1 Å². The van der Waals surface area contributed by atoms with E-state index >= 15 is 0 Å². The Morgan fingerprint density at radius 2 is 1.72 bits per heavy atom. The van der Waals surface area contributed by atoms with Crippen LogP contribution in [0.5, 0.6) is 0 Å². The standard InChI is InChI=1S/C13H20ClNO2S/c1-13(2,3)12(14)9-10-5-7-11(8-6-10)18(16,17)15-4/h5-8,12,15H,9H2,1-4H3. The van der Waals surface area contributed by atoms with Crippen LogP contribution in [0.25, 0.3) is 0 Å². The van der Waals surface area contributed by atoms with Crippen LogP contribution < -0.4 is 4.72 Å². The summed E-state index contributed by atoms with van der Waals surface area (Å²) in [6.45, 7) is 6.26. The van der Waals surface area contributed by atoms with Crippen molar-refractivity contribution in [2.24, 2.45) is 5.41 Å². The molecule has 0 aliphatic carbocycles. The molecule has 1 rings (SSSR count). The van der Waals surface area contributed by atoms with E-state index in [9.17, 15) is 8.42 Å². The molecule has 0 amide bonds. The highest BCUT2D eigenvalue weighted by atomic mass is 35.5. The van der Waals surface area contributed by atoms with Crippen molar-refractivity contribution >= 4 is 21.6 Å². The molecule has 1 aromatic rings. The molecule has 0 saturated carbocycles. The Balaban J connectivity index is 2.85. The maximum absolute atomic E-state index is 11.6. The van der Waals surface area contributed by atoms with Crippen molar-refractivity contribution in [2.45, 2.75) is 37.5 Å². The topological polar surface area (TPSA) is 46.2 Å². The second-order valence-electron chi connectivity index (χ2n) is 5.39. The van der Waals surface area contributed by atoms with Gasteiger partial charge in [0.2, 0.25) is 10.0 Å². The normalized spacial score (nSPS) is 14.5. The average molecular weight is 290 g/mol. The van der Waals surface area contributed by atoms with Gasteiger partial charge in [0.15, 0.2) is 0 Å². The van der Waals surface area contributed by atoms with E-state index in [2.05, 4.69) is 25.5 Å². The van der Waals surface area contributed by atoms with Gasteiger partial charge in [-0.2, -0.15) is 0 Å². The summed E-state index contributed by atoms with van der Waals surface area (Å²) in [5.41, 5.74) is 1.07. The Morgan fingerprint density at radius 1 is 1.22 bits per heavy atom. The molecule has 0 radical (unpaired) electrons. The molecule has 18 heavy (non-hydrogen) atoms. The lowest BCUT2D eigenvalue weighted by Crippen LogP contribution is -2.23. The monoisotopic (exact) mass is 289 g/mol. The minimum Gasteiger partial charge on any atom is -0.214 e. The minimum absolute atomic E-state index is 0.0178. The Kier molecular flexibility index (Phi) is 4.81. The number of halogens is 1. The van der Waals surface area contributed by atoms with Gasteiger partial charge in [-0.25, -0.2) is 13.1 Å². The smallest absolute Gasteiger partial charge is 0.214 e. The number of benzene rings is 1. The summed E-state index contributed by atoms with van der Waals surface area (Å²) < 4.78 is 25.4. The first kappa shape index (κ1) is 15.5. The minimum atomic E-state index is -3.35. The van der Waals surface area contributed by atoms with Crippen molar-refractivity contribution in [3.8, 4) is 0 Å². The quantitative estimate of drug-likeness (QED) is 0.867. The molecule has 1 unspecified atom stereocenters. The molecule has 102 valence electrons. The lowest BCUT2D eigenvalue weighted by molar-refractivity contribution is 0.386. The molecule has 0 aliphatic rings. The van der Waals surface area contributed by atoms with Crippen LogP contribution in [-0.2, 0) is 16.4 Å². The van der Waals surface area contributed by atoms with E-state index in [0.29, 0.717) is 0 Å². The fourth-order valence-electron chi connectivity index (χ4n) is 1.44. The number of hydrogen-bond acceptors (Lipinski definition) is 2. The molecular weight excluding hydrogens is 270 g/mol. The van der Waals surface area contributed by atoms with Gasteiger partial charge in [0.25, 0.3) is 0 Å². The Morgan fingerprint density at radius 3 is 2.11 bits per heavy atom. The first-order chi connectivity index (χ1) is 8.16. The molecule has 0 bridgehead atoms. The van der Waals surface area contributed by atoms with Gasteiger partial charge >= 0.3 is 0 Å². The maximum Gasteiger partial charge on any atom is 0.240 e. The van der Waals surface area contributed by atoms with E-state index in [0.717, 1.165) is 12.0 Å². The van der Waals surface area contributed by atoms with Crippen LogP contribution in [-0.4, -0.2) is 20.8 Å². The highest BCUT2D eigenvalue weighted by Crippen LogP contribution is 2.27. The molecular formula is C13H20ClNO2S. The molecule has 5 heteroatoms. The van der Waals surface area contributed by atoms with E-state index in [-0.39, 0.29) is 15.7 Å². The lowest BCUT2D eigenvalue weighted by Gasteiger charge is -2.25. The Hall–Kier alpha value is -0.580. The zero-order valence-corrected chi connectivity index (χ0v) is 12.8. The van der Waals surface area contributed by atoms with E-state index in [1.165, 1.54) is 7.05 Å².